The summed E-state index contributed by atoms with van der Waals surface area (Å²) in [6.45, 7) is 10.5. The van der Waals surface area contributed by atoms with Crippen molar-refractivity contribution in [1.29, 1.82) is 5.26 Å². The average molecular weight is 363 g/mol. The van der Waals surface area contributed by atoms with Gasteiger partial charge in [-0.2, -0.15) is 5.26 Å². The molecule has 0 spiro atoms. The van der Waals surface area contributed by atoms with Gasteiger partial charge in [0.1, 0.15) is 5.75 Å². The number of nitrogens with zero attached hydrogens (tertiary/aromatic N) is 2. The zero-order valence-electron chi connectivity index (χ0n) is 16.0. The van der Waals surface area contributed by atoms with Crippen LogP contribution in [-0.4, -0.2) is 25.1 Å². The van der Waals surface area contributed by atoms with Crippen LogP contribution in [0.3, 0.4) is 0 Å². The van der Waals surface area contributed by atoms with Gasteiger partial charge in [0.2, 0.25) is 5.91 Å². The van der Waals surface area contributed by atoms with Crippen molar-refractivity contribution in [2.75, 3.05) is 23.3 Å². The van der Waals surface area contributed by atoms with Gasteiger partial charge in [0, 0.05) is 17.9 Å². The van der Waals surface area contributed by atoms with E-state index >= 15 is 0 Å². The maximum absolute atomic E-state index is 12.5. The number of amides is 1. The lowest BCUT2D eigenvalue weighted by atomic mass is 10.2. The Morgan fingerprint density at radius 2 is 1.93 bits per heavy atom. The van der Waals surface area contributed by atoms with Crippen molar-refractivity contribution in [3.05, 3.63) is 66.2 Å². The lowest BCUT2D eigenvalue weighted by Crippen LogP contribution is -2.34. The third kappa shape index (κ3) is 6.52. The summed E-state index contributed by atoms with van der Waals surface area (Å²) in [5.41, 5.74) is 3.01. The van der Waals surface area contributed by atoms with Crippen LogP contribution >= 0.6 is 0 Å². The fraction of sp³-hybridized carbons (Fsp3) is 0.273. The minimum absolute atomic E-state index is 0.102. The normalized spacial score (nSPS) is 10.2. The number of nitrogens with one attached hydrogen (secondary N) is 1. The number of nitriles is 1. The van der Waals surface area contributed by atoms with Gasteiger partial charge < -0.3 is 15.0 Å². The van der Waals surface area contributed by atoms with Gasteiger partial charge in [-0.05, 0) is 63.2 Å². The van der Waals surface area contributed by atoms with E-state index in [1.54, 1.807) is 12.1 Å². The van der Waals surface area contributed by atoms with E-state index in [4.69, 9.17) is 10.00 Å². The molecule has 0 fully saturated rings. The molecule has 0 saturated carbocycles. The van der Waals surface area contributed by atoms with Crippen molar-refractivity contribution < 1.29 is 9.53 Å². The van der Waals surface area contributed by atoms with Gasteiger partial charge >= 0.3 is 0 Å². The van der Waals surface area contributed by atoms with Crippen molar-refractivity contribution in [3.8, 4) is 11.8 Å². The van der Waals surface area contributed by atoms with E-state index in [1.807, 2.05) is 62.1 Å². The molecule has 0 aliphatic heterocycles. The Morgan fingerprint density at radius 3 is 2.52 bits per heavy atom. The molecule has 2 aromatic rings. The number of carbonyl (C=O) groups is 1. The number of ether oxygens (including phenoxy) is 1. The van der Waals surface area contributed by atoms with Crippen molar-refractivity contribution >= 4 is 17.3 Å². The van der Waals surface area contributed by atoms with E-state index in [0.29, 0.717) is 17.8 Å². The highest BCUT2D eigenvalue weighted by molar-refractivity contribution is 5.94. The second kappa shape index (κ2) is 9.44. The van der Waals surface area contributed by atoms with E-state index in [1.165, 1.54) is 0 Å². The summed E-state index contributed by atoms with van der Waals surface area (Å²) in [4.78, 5) is 14.4. The first kappa shape index (κ1) is 20.1. The van der Waals surface area contributed by atoms with Gasteiger partial charge in [-0.15, -0.1) is 0 Å². The Hall–Kier alpha value is -3.26. The van der Waals surface area contributed by atoms with Crippen LogP contribution in [0.15, 0.2) is 60.7 Å². The van der Waals surface area contributed by atoms with E-state index in [-0.39, 0.29) is 18.6 Å². The molecule has 2 rings (SSSR count). The largest absolute Gasteiger partial charge is 0.491 e. The van der Waals surface area contributed by atoms with Gasteiger partial charge in [-0.3, -0.25) is 4.79 Å². The van der Waals surface area contributed by atoms with Crippen molar-refractivity contribution in [1.82, 2.24) is 0 Å². The first-order chi connectivity index (χ1) is 12.9. The Morgan fingerprint density at radius 1 is 1.22 bits per heavy atom. The first-order valence-corrected chi connectivity index (χ1v) is 8.83. The van der Waals surface area contributed by atoms with Crippen LogP contribution in [-0.2, 0) is 4.79 Å². The zero-order chi connectivity index (χ0) is 19.8. The summed E-state index contributed by atoms with van der Waals surface area (Å²) in [5.74, 6) is 0.622. The number of carbonyl (C=O) groups excluding carboxylic acids is 1. The summed E-state index contributed by atoms with van der Waals surface area (Å²) in [7, 11) is 0. The Balaban J connectivity index is 2.07. The average Bonchev–Trinajstić information content (AvgIpc) is 2.62. The molecule has 1 N–H and O–H groups in total. The molecular weight excluding hydrogens is 338 g/mol. The van der Waals surface area contributed by atoms with Gasteiger partial charge in [-0.25, -0.2) is 0 Å². The highest BCUT2D eigenvalue weighted by Crippen LogP contribution is 2.19. The second-order valence-electron chi connectivity index (χ2n) is 6.71. The molecule has 27 heavy (non-hydrogen) atoms. The molecule has 0 atom stereocenters. The number of hydrogen-bond donors (Lipinski definition) is 1. The fourth-order valence-corrected chi connectivity index (χ4v) is 2.60. The lowest BCUT2D eigenvalue weighted by molar-refractivity contribution is -0.115. The monoisotopic (exact) mass is 363 g/mol. The van der Waals surface area contributed by atoms with Gasteiger partial charge in [-0.1, -0.05) is 18.2 Å². The molecular formula is C22H25N3O2. The topological polar surface area (TPSA) is 65.4 Å². The molecule has 5 nitrogen and oxygen atoms in total. The van der Waals surface area contributed by atoms with Gasteiger partial charge in [0.15, 0.2) is 0 Å². The molecule has 0 aliphatic carbocycles. The predicted molar refractivity (Wildman–Crippen MR) is 109 cm³/mol. The minimum atomic E-state index is -0.142. The third-order valence-electron chi connectivity index (χ3n) is 3.65. The maximum Gasteiger partial charge on any atom is 0.243 e. The predicted octanol–water partition coefficient (Wildman–Crippen LogP) is 4.37. The number of benzene rings is 2. The molecule has 2 aromatic carbocycles. The second-order valence-corrected chi connectivity index (χ2v) is 6.71. The van der Waals surface area contributed by atoms with Gasteiger partial charge in [0.05, 0.1) is 24.3 Å². The Kier molecular flexibility index (Phi) is 7.01. The molecule has 5 heteroatoms. The van der Waals surface area contributed by atoms with Crippen LogP contribution in [0.25, 0.3) is 0 Å². The fourth-order valence-electron chi connectivity index (χ4n) is 2.60. The molecule has 0 saturated heterocycles. The van der Waals surface area contributed by atoms with Gasteiger partial charge in [0.25, 0.3) is 0 Å². The zero-order valence-corrected chi connectivity index (χ0v) is 16.0. The van der Waals surface area contributed by atoms with Crippen molar-refractivity contribution in [2.45, 2.75) is 26.9 Å². The van der Waals surface area contributed by atoms with Crippen LogP contribution in [0.5, 0.6) is 5.75 Å². The standard InChI is InChI=1S/C22H25N3O2/c1-16(2)14-25(20-7-5-6-18(12-20)13-23)15-22(26)24-19-8-10-21(11-9-19)27-17(3)4/h5-12,17H,1,14-15H2,2-4H3,(H,24,26). The SMILES string of the molecule is C=C(C)CN(CC(=O)Nc1ccc(OC(C)C)cc1)c1cccc(C#N)c1. The third-order valence-corrected chi connectivity index (χ3v) is 3.65. The van der Waals surface area contributed by atoms with Crippen molar-refractivity contribution in [2.24, 2.45) is 0 Å². The highest BCUT2D eigenvalue weighted by atomic mass is 16.5. The summed E-state index contributed by atoms with van der Waals surface area (Å²) in [6.07, 6.45) is 0.102. The number of rotatable bonds is 8. The molecule has 0 radical (unpaired) electrons. The minimum Gasteiger partial charge on any atom is -0.491 e. The number of anilines is 2. The maximum atomic E-state index is 12.5. The molecule has 0 aromatic heterocycles. The van der Waals surface area contributed by atoms with Crippen LogP contribution in [0.2, 0.25) is 0 Å². The molecule has 140 valence electrons. The summed E-state index contributed by atoms with van der Waals surface area (Å²) in [5, 5.41) is 12.0. The summed E-state index contributed by atoms with van der Waals surface area (Å²) in [6, 6.07) is 16.6. The van der Waals surface area contributed by atoms with Crippen LogP contribution in [0.1, 0.15) is 26.3 Å². The van der Waals surface area contributed by atoms with Crippen LogP contribution in [0.4, 0.5) is 11.4 Å². The smallest absolute Gasteiger partial charge is 0.243 e. The van der Waals surface area contributed by atoms with Crippen molar-refractivity contribution in [3.63, 3.8) is 0 Å². The molecule has 0 unspecified atom stereocenters. The molecule has 0 aliphatic rings. The van der Waals surface area contributed by atoms with E-state index < -0.39 is 0 Å². The van der Waals surface area contributed by atoms with Crippen LogP contribution < -0.4 is 15.0 Å². The number of hydrogen-bond acceptors (Lipinski definition) is 4. The highest BCUT2D eigenvalue weighted by Gasteiger charge is 2.13. The first-order valence-electron chi connectivity index (χ1n) is 8.83. The quantitative estimate of drug-likeness (QED) is 0.708. The molecule has 0 heterocycles. The summed E-state index contributed by atoms with van der Waals surface area (Å²) < 4.78 is 5.61. The Labute approximate surface area is 160 Å². The van der Waals surface area contributed by atoms with E-state index in [9.17, 15) is 4.79 Å². The summed E-state index contributed by atoms with van der Waals surface area (Å²) >= 11 is 0. The molecule has 1 amide bonds. The lowest BCUT2D eigenvalue weighted by Gasteiger charge is -2.24. The van der Waals surface area contributed by atoms with E-state index in [0.717, 1.165) is 17.0 Å². The van der Waals surface area contributed by atoms with Crippen LogP contribution in [0, 0.1) is 11.3 Å². The van der Waals surface area contributed by atoms with E-state index in [2.05, 4.69) is 18.0 Å². The molecule has 0 bridgehead atoms. The Bertz CT molecular complexity index is 835.